The first-order valence-corrected chi connectivity index (χ1v) is 17.5. The third kappa shape index (κ3) is 15.8. The van der Waals surface area contributed by atoms with Crippen LogP contribution in [0.5, 0.6) is 0 Å². The van der Waals surface area contributed by atoms with Crippen molar-refractivity contribution in [3.63, 3.8) is 0 Å². The normalized spacial score (nSPS) is 12.2. The van der Waals surface area contributed by atoms with E-state index in [0.29, 0.717) is 0 Å². The van der Waals surface area contributed by atoms with Gasteiger partial charge in [0.1, 0.15) is 51.8 Å². The van der Waals surface area contributed by atoms with E-state index in [2.05, 4.69) is 30.7 Å². The molecule has 0 N–H and O–H groups in total. The van der Waals surface area contributed by atoms with Crippen LogP contribution in [0, 0.1) is 0 Å². The Morgan fingerprint density at radius 1 is 0.340 bits per heavy atom. The minimum atomic E-state index is -5.22. The van der Waals surface area contributed by atoms with E-state index in [1.807, 2.05) is 0 Å². The van der Waals surface area contributed by atoms with Crippen molar-refractivity contribution >= 4 is 74.6 Å². The van der Waals surface area contributed by atoms with Crippen molar-refractivity contribution in [2.24, 2.45) is 30.7 Å². The second kappa shape index (κ2) is 22.0. The molecule has 0 aliphatic carbocycles. The van der Waals surface area contributed by atoms with Gasteiger partial charge in [0.2, 0.25) is 0 Å². The number of nitrogens with zero attached hydrogens (tertiary/aromatic N) is 6. The average molecular weight is 863 g/mol. The quantitative estimate of drug-likeness (QED) is 0.0816. The maximum absolute atomic E-state index is 11.9. The first-order chi connectivity index (χ1) is 21.3. The molecule has 0 saturated carbocycles. The molecule has 0 spiro atoms. The number of azo groups is 3. The summed E-state index contributed by atoms with van der Waals surface area (Å²) in [6.07, 6.45) is 0. The molecule has 26 heteroatoms. The standard InChI is InChI=1S/C24H18N6O12S4.4K/c31-43(32,33)19-7-1-15(2-8-19)25-27-17-5-11-21(23(13-17)45(37,38)39)29-30-22-12-6-18(14-24(22)46(40,41)42)28-26-16-3-9-20(10-4-16)44(34,35)36;;;;/h1-14H,(H,31,32,33)(H,34,35,36)(H,37,38,39)(H,40,41,42);;;;/q;4*+1/p-4. The SMILES string of the molecule is O=S(=O)([O-])c1ccc(N=Nc2ccc(N=Nc3ccc(N=Nc4ccc(S(=O)(=O)[O-])cc4)cc3S(=O)(=O)[O-])c(S(=O)(=O)[O-])c2)cc1.[K+].[K+].[K+].[K+]. The van der Waals surface area contributed by atoms with Crippen LogP contribution < -0.4 is 206 Å². The predicted octanol–water partition coefficient (Wildman–Crippen LogP) is -7.43. The topological polar surface area (TPSA) is 303 Å². The molecule has 0 heterocycles. The van der Waals surface area contributed by atoms with Crippen LogP contribution in [0.15, 0.2) is 135 Å². The molecule has 0 saturated heterocycles. The smallest absolute Gasteiger partial charge is 0.744 e. The van der Waals surface area contributed by atoms with Crippen molar-refractivity contribution in [3.05, 3.63) is 84.9 Å². The maximum Gasteiger partial charge on any atom is 1.00 e. The fourth-order valence-electron chi connectivity index (χ4n) is 3.39. The van der Waals surface area contributed by atoms with Gasteiger partial charge in [-0.1, -0.05) is 0 Å². The number of hydrogen-bond acceptors (Lipinski definition) is 18. The summed E-state index contributed by atoms with van der Waals surface area (Å²) in [4.78, 5) is -2.91. The molecule has 0 unspecified atom stereocenters. The molecule has 4 rings (SSSR count). The van der Waals surface area contributed by atoms with Gasteiger partial charge in [0.15, 0.2) is 0 Å². The zero-order chi connectivity index (χ0) is 33.9. The summed E-state index contributed by atoms with van der Waals surface area (Å²) in [5, 5.41) is 22.3. The summed E-state index contributed by atoms with van der Waals surface area (Å²) in [5.74, 6) is 0. The zero-order valence-electron chi connectivity index (χ0n) is 26.3. The average Bonchev–Trinajstić information content (AvgIpc) is 2.97. The number of hydrogen-bond donors (Lipinski definition) is 0. The molecule has 50 heavy (non-hydrogen) atoms. The molecular formula is C24H14K4N6O12S4. The summed E-state index contributed by atoms with van der Waals surface area (Å²) in [5.41, 5.74) is -1.30. The molecule has 0 amide bonds. The number of benzene rings is 4. The minimum absolute atomic E-state index is 0. The Hall–Kier alpha value is 1.87. The van der Waals surface area contributed by atoms with E-state index in [1.165, 1.54) is 0 Å². The Bertz CT molecular complexity index is 2200. The van der Waals surface area contributed by atoms with Gasteiger partial charge < -0.3 is 18.2 Å². The fraction of sp³-hybridized carbons (Fsp3) is 0. The molecule has 0 aromatic heterocycles. The van der Waals surface area contributed by atoms with Gasteiger partial charge in [-0.05, 0) is 84.9 Å². The molecule has 240 valence electrons. The second-order valence-corrected chi connectivity index (χ2v) is 14.2. The van der Waals surface area contributed by atoms with E-state index in [1.54, 1.807) is 0 Å². The van der Waals surface area contributed by atoms with Crippen LogP contribution in [0.2, 0.25) is 0 Å². The van der Waals surface area contributed by atoms with Crippen LogP contribution in [-0.2, 0) is 40.5 Å². The Morgan fingerprint density at radius 2 is 0.600 bits per heavy atom. The Labute approximate surface area is 456 Å². The Balaban J connectivity index is 0.00000600. The van der Waals surface area contributed by atoms with Crippen molar-refractivity contribution in [2.75, 3.05) is 0 Å². The van der Waals surface area contributed by atoms with Crippen molar-refractivity contribution in [1.29, 1.82) is 0 Å². The first-order valence-electron chi connectivity index (χ1n) is 11.9. The van der Waals surface area contributed by atoms with Crippen LogP contribution in [0.3, 0.4) is 0 Å². The van der Waals surface area contributed by atoms with E-state index in [4.69, 9.17) is 0 Å². The zero-order valence-corrected chi connectivity index (χ0v) is 42.1. The molecule has 18 nitrogen and oxygen atoms in total. The Kier molecular flexibility index (Phi) is 22.8. The number of rotatable bonds is 10. The molecule has 0 bridgehead atoms. The van der Waals surface area contributed by atoms with Gasteiger partial charge in [-0.2, -0.15) is 20.5 Å². The van der Waals surface area contributed by atoms with Gasteiger partial charge in [-0.3, -0.25) is 0 Å². The van der Waals surface area contributed by atoms with Gasteiger partial charge in [0.25, 0.3) is 0 Å². The van der Waals surface area contributed by atoms with Crippen LogP contribution in [0.4, 0.5) is 34.1 Å². The van der Waals surface area contributed by atoms with E-state index < -0.39 is 71.4 Å². The molecule has 4 aromatic carbocycles. The largest absolute Gasteiger partial charge is 1.00 e. The van der Waals surface area contributed by atoms with Gasteiger partial charge in [0, 0.05) is 0 Å². The van der Waals surface area contributed by atoms with Crippen LogP contribution in [0.25, 0.3) is 0 Å². The monoisotopic (exact) mass is 862 g/mol. The first kappa shape index (κ1) is 51.9. The third-order valence-corrected chi connectivity index (χ3v) is 8.93. The van der Waals surface area contributed by atoms with Crippen molar-refractivity contribution in [1.82, 2.24) is 0 Å². The Morgan fingerprint density at radius 3 is 0.860 bits per heavy atom. The van der Waals surface area contributed by atoms with E-state index in [0.717, 1.165) is 84.9 Å². The van der Waals surface area contributed by atoms with Gasteiger partial charge in [0.05, 0.1) is 42.3 Å². The molecule has 0 atom stereocenters. The molecule has 0 radical (unpaired) electrons. The fourth-order valence-corrected chi connectivity index (χ4v) is 5.59. The van der Waals surface area contributed by atoms with Crippen LogP contribution in [0.1, 0.15) is 0 Å². The summed E-state index contributed by atoms with van der Waals surface area (Å²) >= 11 is 0. The van der Waals surface area contributed by atoms with Gasteiger partial charge in [-0.25, -0.2) is 33.7 Å². The third-order valence-electron chi connectivity index (χ3n) is 5.50. The van der Waals surface area contributed by atoms with Crippen LogP contribution >= 0.6 is 0 Å². The van der Waals surface area contributed by atoms with E-state index in [9.17, 15) is 51.9 Å². The summed E-state index contributed by atoms with van der Waals surface area (Å²) in [6.45, 7) is 0. The van der Waals surface area contributed by atoms with E-state index in [-0.39, 0.29) is 228 Å². The molecule has 0 aliphatic heterocycles. The van der Waals surface area contributed by atoms with Crippen molar-refractivity contribution in [2.45, 2.75) is 19.6 Å². The maximum atomic E-state index is 11.9. The van der Waals surface area contributed by atoms with Gasteiger partial charge >= 0.3 is 206 Å². The van der Waals surface area contributed by atoms with Crippen molar-refractivity contribution < 1.29 is 257 Å². The van der Waals surface area contributed by atoms with E-state index >= 15 is 0 Å². The molecular weight excluding hydrogens is 849 g/mol. The molecule has 0 fully saturated rings. The molecule has 0 aliphatic rings. The van der Waals surface area contributed by atoms with Gasteiger partial charge in [-0.15, -0.1) is 10.2 Å². The minimum Gasteiger partial charge on any atom is -0.744 e. The van der Waals surface area contributed by atoms with Crippen LogP contribution in [-0.4, -0.2) is 51.9 Å². The predicted molar refractivity (Wildman–Crippen MR) is 150 cm³/mol. The summed E-state index contributed by atoms with van der Waals surface area (Å²) in [7, 11) is -19.8. The second-order valence-electron chi connectivity index (χ2n) is 8.71. The molecule has 4 aromatic rings. The summed E-state index contributed by atoms with van der Waals surface area (Å²) < 4.78 is 138. The summed E-state index contributed by atoms with van der Waals surface area (Å²) in [6, 6.07) is 14.4. The van der Waals surface area contributed by atoms with Crippen molar-refractivity contribution in [3.8, 4) is 0 Å².